The van der Waals surface area contributed by atoms with Gasteiger partial charge in [-0.25, -0.2) is 0 Å². The van der Waals surface area contributed by atoms with Gasteiger partial charge in [-0.2, -0.15) is 0 Å². The van der Waals surface area contributed by atoms with E-state index in [1.165, 1.54) is 0 Å². The van der Waals surface area contributed by atoms with Crippen molar-refractivity contribution in [1.29, 1.82) is 0 Å². The molecule has 70 valence electrons. The van der Waals surface area contributed by atoms with Gasteiger partial charge in [-0.3, -0.25) is 0 Å². The van der Waals surface area contributed by atoms with Crippen molar-refractivity contribution in [3.8, 4) is 0 Å². The number of hydrogen-bond acceptors (Lipinski definition) is 3. The van der Waals surface area contributed by atoms with Crippen molar-refractivity contribution in [3.63, 3.8) is 0 Å². The zero-order chi connectivity index (χ0) is 8.97. The quantitative estimate of drug-likeness (QED) is 0.620. The molecule has 1 N–H and O–H groups in total. The zero-order valence-corrected chi connectivity index (χ0v) is 7.57. The molecule has 0 radical (unpaired) electrons. The third-order valence-electron chi connectivity index (χ3n) is 2.57. The van der Waals surface area contributed by atoms with Crippen LogP contribution in [0.25, 0.3) is 0 Å². The van der Waals surface area contributed by atoms with Gasteiger partial charge in [0.15, 0.2) is 0 Å². The predicted octanol–water partition coefficient (Wildman–Crippen LogP) is 0.278. The number of aliphatic hydroxyl groups is 1. The standard InChI is InChI=1S/C9H17NO2/c1-8-3-5-10(4-2-6-11)7-9(8)12/h6,8-9,12H,2-5,7H2,1H3. The Morgan fingerprint density at radius 3 is 3.00 bits per heavy atom. The minimum Gasteiger partial charge on any atom is -0.392 e. The fourth-order valence-corrected chi connectivity index (χ4v) is 1.55. The number of carbonyl (C=O) groups is 1. The van der Waals surface area contributed by atoms with E-state index in [-0.39, 0.29) is 6.10 Å². The van der Waals surface area contributed by atoms with Crippen LogP contribution in [0, 0.1) is 5.92 Å². The van der Waals surface area contributed by atoms with E-state index in [1.807, 2.05) is 0 Å². The molecule has 1 aliphatic heterocycles. The number of piperidine rings is 1. The second kappa shape index (κ2) is 4.58. The van der Waals surface area contributed by atoms with Crippen LogP contribution in [-0.2, 0) is 4.79 Å². The van der Waals surface area contributed by atoms with Crippen LogP contribution in [0.15, 0.2) is 0 Å². The maximum absolute atomic E-state index is 10.1. The lowest BCUT2D eigenvalue weighted by molar-refractivity contribution is -0.108. The molecule has 0 saturated carbocycles. The first kappa shape index (κ1) is 9.68. The summed E-state index contributed by atoms with van der Waals surface area (Å²) in [6.07, 6.45) is 2.36. The molecule has 0 amide bonds. The lowest BCUT2D eigenvalue weighted by Gasteiger charge is -2.33. The van der Waals surface area contributed by atoms with Gasteiger partial charge in [-0.1, -0.05) is 6.92 Å². The molecule has 1 heterocycles. The van der Waals surface area contributed by atoms with Gasteiger partial charge in [-0.05, 0) is 18.9 Å². The minimum atomic E-state index is -0.203. The van der Waals surface area contributed by atoms with E-state index < -0.39 is 0 Å². The summed E-state index contributed by atoms with van der Waals surface area (Å²) in [6.45, 7) is 4.62. The molecule has 0 bridgehead atoms. The van der Waals surface area contributed by atoms with Crippen LogP contribution in [0.5, 0.6) is 0 Å². The maximum atomic E-state index is 10.1. The summed E-state index contributed by atoms with van der Waals surface area (Å²) in [7, 11) is 0. The molecule has 0 aromatic rings. The molecular formula is C9H17NO2. The molecule has 1 aliphatic rings. The molecule has 3 heteroatoms. The predicted molar refractivity (Wildman–Crippen MR) is 46.9 cm³/mol. The molecule has 1 rings (SSSR count). The smallest absolute Gasteiger partial charge is 0.121 e. The molecule has 3 nitrogen and oxygen atoms in total. The van der Waals surface area contributed by atoms with Crippen molar-refractivity contribution < 1.29 is 9.90 Å². The Morgan fingerprint density at radius 2 is 2.42 bits per heavy atom. The molecule has 2 unspecified atom stereocenters. The summed E-state index contributed by atoms with van der Waals surface area (Å²) in [5.41, 5.74) is 0. The van der Waals surface area contributed by atoms with Gasteiger partial charge in [0.2, 0.25) is 0 Å². The van der Waals surface area contributed by atoms with E-state index in [0.29, 0.717) is 12.3 Å². The molecule has 0 aliphatic carbocycles. The van der Waals surface area contributed by atoms with Crippen LogP contribution >= 0.6 is 0 Å². The number of nitrogens with zero attached hydrogens (tertiary/aromatic N) is 1. The lowest BCUT2D eigenvalue weighted by atomic mass is 9.96. The Hall–Kier alpha value is -0.410. The first-order valence-electron chi connectivity index (χ1n) is 4.58. The van der Waals surface area contributed by atoms with Crippen LogP contribution in [-0.4, -0.2) is 42.0 Å². The highest BCUT2D eigenvalue weighted by Crippen LogP contribution is 2.16. The summed E-state index contributed by atoms with van der Waals surface area (Å²) in [5.74, 6) is 0.414. The summed E-state index contributed by atoms with van der Waals surface area (Å²) >= 11 is 0. The van der Waals surface area contributed by atoms with Gasteiger partial charge in [0.05, 0.1) is 6.10 Å². The normalized spacial score (nSPS) is 31.8. The van der Waals surface area contributed by atoms with Gasteiger partial charge in [0, 0.05) is 19.5 Å². The SMILES string of the molecule is CC1CCN(CCC=O)CC1O. The molecule has 0 spiro atoms. The highest BCUT2D eigenvalue weighted by molar-refractivity contribution is 5.49. The van der Waals surface area contributed by atoms with E-state index in [4.69, 9.17) is 0 Å². The van der Waals surface area contributed by atoms with Crippen LogP contribution in [0.3, 0.4) is 0 Å². The molecule has 0 aromatic carbocycles. The highest BCUT2D eigenvalue weighted by atomic mass is 16.3. The fraction of sp³-hybridized carbons (Fsp3) is 0.889. The van der Waals surface area contributed by atoms with E-state index in [2.05, 4.69) is 11.8 Å². The van der Waals surface area contributed by atoms with Gasteiger partial charge < -0.3 is 14.8 Å². The average Bonchev–Trinajstić information content (AvgIpc) is 2.07. The van der Waals surface area contributed by atoms with Crippen LogP contribution in [0.1, 0.15) is 19.8 Å². The topological polar surface area (TPSA) is 40.5 Å². The van der Waals surface area contributed by atoms with Crippen molar-refractivity contribution in [2.24, 2.45) is 5.92 Å². The van der Waals surface area contributed by atoms with Crippen molar-refractivity contribution in [2.75, 3.05) is 19.6 Å². The summed E-state index contributed by atoms with van der Waals surface area (Å²) in [5, 5.41) is 9.52. The number of aldehydes is 1. The number of aliphatic hydroxyl groups excluding tert-OH is 1. The second-order valence-corrected chi connectivity index (χ2v) is 3.59. The van der Waals surface area contributed by atoms with Crippen LogP contribution in [0.2, 0.25) is 0 Å². The van der Waals surface area contributed by atoms with E-state index in [1.54, 1.807) is 0 Å². The van der Waals surface area contributed by atoms with Crippen LogP contribution in [0.4, 0.5) is 0 Å². The molecular weight excluding hydrogens is 154 g/mol. The minimum absolute atomic E-state index is 0.203. The third kappa shape index (κ3) is 2.57. The van der Waals surface area contributed by atoms with Crippen molar-refractivity contribution in [2.45, 2.75) is 25.9 Å². The van der Waals surface area contributed by atoms with E-state index in [0.717, 1.165) is 32.3 Å². The number of carbonyl (C=O) groups excluding carboxylic acids is 1. The second-order valence-electron chi connectivity index (χ2n) is 3.59. The largest absolute Gasteiger partial charge is 0.392 e. The monoisotopic (exact) mass is 171 g/mol. The Morgan fingerprint density at radius 1 is 1.67 bits per heavy atom. The fourth-order valence-electron chi connectivity index (χ4n) is 1.55. The van der Waals surface area contributed by atoms with Gasteiger partial charge in [0.1, 0.15) is 6.29 Å². The van der Waals surface area contributed by atoms with Crippen molar-refractivity contribution in [1.82, 2.24) is 4.90 Å². The number of hydrogen-bond donors (Lipinski definition) is 1. The molecule has 1 saturated heterocycles. The first-order chi connectivity index (χ1) is 5.74. The highest BCUT2D eigenvalue weighted by Gasteiger charge is 2.23. The van der Waals surface area contributed by atoms with E-state index >= 15 is 0 Å². The Balaban J connectivity index is 2.25. The number of β-amino-alcohol motifs (C(OH)–C–C–N with tert-alkyl or cyclic N) is 1. The summed E-state index contributed by atoms with van der Waals surface area (Å²) in [4.78, 5) is 12.3. The van der Waals surface area contributed by atoms with Gasteiger partial charge in [0.25, 0.3) is 0 Å². The Labute approximate surface area is 73.4 Å². The Bertz CT molecular complexity index is 149. The number of rotatable bonds is 3. The average molecular weight is 171 g/mol. The van der Waals surface area contributed by atoms with Crippen molar-refractivity contribution >= 4 is 6.29 Å². The van der Waals surface area contributed by atoms with E-state index in [9.17, 15) is 9.90 Å². The van der Waals surface area contributed by atoms with Crippen LogP contribution < -0.4 is 0 Å². The lowest BCUT2D eigenvalue weighted by Crippen LogP contribution is -2.43. The molecule has 0 aromatic heterocycles. The molecule has 1 fully saturated rings. The maximum Gasteiger partial charge on any atom is 0.121 e. The summed E-state index contributed by atoms with van der Waals surface area (Å²) < 4.78 is 0. The van der Waals surface area contributed by atoms with Gasteiger partial charge >= 0.3 is 0 Å². The number of likely N-dealkylation sites (tertiary alicyclic amines) is 1. The first-order valence-corrected chi connectivity index (χ1v) is 4.58. The zero-order valence-electron chi connectivity index (χ0n) is 7.57. The molecule has 12 heavy (non-hydrogen) atoms. The third-order valence-corrected chi connectivity index (χ3v) is 2.57. The molecule has 2 atom stereocenters. The van der Waals surface area contributed by atoms with Crippen molar-refractivity contribution in [3.05, 3.63) is 0 Å². The van der Waals surface area contributed by atoms with Gasteiger partial charge in [-0.15, -0.1) is 0 Å². The summed E-state index contributed by atoms with van der Waals surface area (Å²) in [6, 6.07) is 0. The Kier molecular flexibility index (Phi) is 3.69.